The van der Waals surface area contributed by atoms with Gasteiger partial charge in [-0.2, -0.15) is 0 Å². The van der Waals surface area contributed by atoms with Crippen molar-refractivity contribution in [3.05, 3.63) is 203 Å². The van der Waals surface area contributed by atoms with Crippen LogP contribution in [0.4, 0.5) is 0 Å². The van der Waals surface area contributed by atoms with Crippen molar-refractivity contribution in [2.45, 2.75) is 11.8 Å². The molecule has 0 heterocycles. The minimum Gasteiger partial charge on any atom is -0.294 e. The standard InChI is InChI=1S/C46H32O2/c47-45-41-37(29-17-5-1-6-18-29)33-25-13-14-26-34(33)38(30-19-7-2-8-20-30)42(41)46(48)44-40(32-23-11-4-12-24-32)36-28-16-15-27-35(36)39(43(44)45)31-21-9-3-10-22-31/h1-28,37-38,41-42H. The van der Waals surface area contributed by atoms with E-state index < -0.39 is 11.8 Å². The fourth-order valence-electron chi connectivity index (χ4n) is 8.68. The third-order valence-electron chi connectivity index (χ3n) is 10.5. The largest absolute Gasteiger partial charge is 0.294 e. The van der Waals surface area contributed by atoms with Crippen molar-refractivity contribution in [2.24, 2.45) is 11.8 Å². The molecule has 7 aromatic rings. The lowest BCUT2D eigenvalue weighted by molar-refractivity contribution is 0.0684. The third-order valence-corrected chi connectivity index (χ3v) is 10.5. The van der Waals surface area contributed by atoms with E-state index in [9.17, 15) is 0 Å². The Kier molecular flexibility index (Phi) is 6.76. The highest BCUT2D eigenvalue weighted by atomic mass is 16.1. The SMILES string of the molecule is O=C1c2c(c(-c3ccccc3)c3ccccc3c2-c2ccccc2)C(=O)C2C(c3ccccc3)c3ccccc3C(c3ccccc3)C12. The first-order chi connectivity index (χ1) is 23.7. The number of rotatable bonds is 4. The van der Waals surface area contributed by atoms with Gasteiger partial charge in [0.2, 0.25) is 0 Å². The molecule has 0 N–H and O–H groups in total. The molecule has 2 nitrogen and oxygen atoms in total. The maximum absolute atomic E-state index is 15.8. The van der Waals surface area contributed by atoms with Gasteiger partial charge in [0.25, 0.3) is 0 Å². The zero-order valence-corrected chi connectivity index (χ0v) is 26.3. The first kappa shape index (κ1) is 28.4. The molecule has 0 amide bonds. The van der Waals surface area contributed by atoms with E-state index in [1.54, 1.807) is 0 Å². The molecule has 0 saturated heterocycles. The lowest BCUT2D eigenvalue weighted by Gasteiger charge is -2.46. The van der Waals surface area contributed by atoms with Gasteiger partial charge in [0, 0.05) is 45.9 Å². The summed E-state index contributed by atoms with van der Waals surface area (Å²) in [6.45, 7) is 0. The van der Waals surface area contributed by atoms with Crippen LogP contribution < -0.4 is 0 Å². The summed E-state index contributed by atoms with van der Waals surface area (Å²) in [5, 5.41) is 1.96. The van der Waals surface area contributed by atoms with Gasteiger partial charge in [-0.3, -0.25) is 9.59 Å². The maximum atomic E-state index is 15.8. The number of hydrogen-bond acceptors (Lipinski definition) is 2. The normalized spacial score (nSPS) is 19.8. The van der Waals surface area contributed by atoms with Crippen LogP contribution in [0.15, 0.2) is 170 Å². The van der Waals surface area contributed by atoms with E-state index in [-0.39, 0.29) is 23.4 Å². The summed E-state index contributed by atoms with van der Waals surface area (Å²) in [6.07, 6.45) is 0. The van der Waals surface area contributed by atoms with Crippen molar-refractivity contribution in [1.29, 1.82) is 0 Å². The Morgan fingerprint density at radius 3 is 1.00 bits per heavy atom. The molecule has 48 heavy (non-hydrogen) atoms. The molecule has 9 rings (SSSR count). The van der Waals surface area contributed by atoms with Crippen LogP contribution in [0, 0.1) is 11.8 Å². The van der Waals surface area contributed by atoms with Crippen LogP contribution in [-0.4, -0.2) is 11.6 Å². The highest BCUT2D eigenvalue weighted by Gasteiger charge is 2.55. The quantitative estimate of drug-likeness (QED) is 0.197. The van der Waals surface area contributed by atoms with E-state index >= 15 is 9.59 Å². The zero-order chi connectivity index (χ0) is 32.2. The van der Waals surface area contributed by atoms with Gasteiger partial charge in [0.15, 0.2) is 11.6 Å². The van der Waals surface area contributed by atoms with Gasteiger partial charge in [0.05, 0.1) is 0 Å². The van der Waals surface area contributed by atoms with E-state index in [1.807, 2.05) is 84.9 Å². The second kappa shape index (κ2) is 11.4. The van der Waals surface area contributed by atoms with E-state index in [0.29, 0.717) is 11.1 Å². The van der Waals surface area contributed by atoms with E-state index in [4.69, 9.17) is 0 Å². The molecular formula is C46H32O2. The van der Waals surface area contributed by atoms with Crippen molar-refractivity contribution in [2.75, 3.05) is 0 Å². The Balaban J connectivity index is 1.44. The van der Waals surface area contributed by atoms with Crippen LogP contribution in [0.3, 0.4) is 0 Å². The van der Waals surface area contributed by atoms with Crippen LogP contribution in [0.25, 0.3) is 33.0 Å². The predicted octanol–water partition coefficient (Wildman–Crippen LogP) is 10.8. The number of ketones is 2. The summed E-state index contributed by atoms with van der Waals surface area (Å²) in [5.41, 5.74) is 9.03. The number of hydrogen-bond donors (Lipinski definition) is 0. The van der Waals surface area contributed by atoms with Gasteiger partial charge >= 0.3 is 0 Å². The van der Waals surface area contributed by atoms with Crippen LogP contribution in [0.2, 0.25) is 0 Å². The Morgan fingerprint density at radius 1 is 0.312 bits per heavy atom. The summed E-state index contributed by atoms with van der Waals surface area (Å²) in [6, 6.07) is 57.6. The molecule has 0 spiro atoms. The van der Waals surface area contributed by atoms with Gasteiger partial charge in [-0.05, 0) is 44.2 Å². The Hall–Kier alpha value is -5.86. The molecule has 0 fully saturated rings. The van der Waals surface area contributed by atoms with Crippen molar-refractivity contribution in [3.8, 4) is 22.3 Å². The van der Waals surface area contributed by atoms with Gasteiger partial charge in [-0.1, -0.05) is 170 Å². The number of benzene rings is 7. The fourth-order valence-corrected chi connectivity index (χ4v) is 8.68. The Morgan fingerprint density at radius 2 is 0.625 bits per heavy atom. The molecule has 228 valence electrons. The molecule has 2 aliphatic rings. The minimum atomic E-state index is -0.584. The van der Waals surface area contributed by atoms with Gasteiger partial charge in [0.1, 0.15) is 0 Å². The topological polar surface area (TPSA) is 34.1 Å². The number of Topliss-reactive ketones (excluding diaryl/α,β-unsaturated/α-hetero) is 2. The highest BCUT2D eigenvalue weighted by molar-refractivity contribution is 6.28. The number of carbonyl (C=O) groups excluding carboxylic acids is 2. The van der Waals surface area contributed by atoms with Crippen molar-refractivity contribution < 1.29 is 9.59 Å². The van der Waals surface area contributed by atoms with Crippen molar-refractivity contribution in [3.63, 3.8) is 0 Å². The summed E-state index contributed by atoms with van der Waals surface area (Å²) < 4.78 is 0. The summed E-state index contributed by atoms with van der Waals surface area (Å²) in [4.78, 5) is 31.7. The molecule has 0 aliphatic heterocycles. The maximum Gasteiger partial charge on any atom is 0.169 e. The second-order valence-corrected chi connectivity index (χ2v) is 13.0. The monoisotopic (exact) mass is 616 g/mol. The molecule has 2 aliphatic carbocycles. The van der Waals surface area contributed by atoms with Crippen LogP contribution in [-0.2, 0) is 0 Å². The van der Waals surface area contributed by atoms with Gasteiger partial charge in [-0.25, -0.2) is 0 Å². The van der Waals surface area contributed by atoms with Crippen molar-refractivity contribution in [1.82, 2.24) is 0 Å². The Labute approximate surface area is 280 Å². The average molecular weight is 617 g/mol. The first-order valence-electron chi connectivity index (χ1n) is 16.7. The average Bonchev–Trinajstić information content (AvgIpc) is 3.16. The molecular weight excluding hydrogens is 585 g/mol. The first-order valence-corrected chi connectivity index (χ1v) is 16.7. The second-order valence-electron chi connectivity index (χ2n) is 13.0. The number of carbonyl (C=O) groups is 2. The molecule has 4 unspecified atom stereocenters. The van der Waals surface area contributed by atoms with Gasteiger partial charge < -0.3 is 0 Å². The van der Waals surface area contributed by atoms with Gasteiger partial charge in [-0.15, -0.1) is 0 Å². The lowest BCUT2D eigenvalue weighted by atomic mass is 9.53. The molecule has 0 radical (unpaired) electrons. The van der Waals surface area contributed by atoms with Crippen molar-refractivity contribution >= 4 is 22.3 Å². The van der Waals surface area contributed by atoms with Crippen LogP contribution in [0.5, 0.6) is 0 Å². The molecule has 0 saturated carbocycles. The fraction of sp³-hybridized carbons (Fsp3) is 0.0870. The molecule has 0 bridgehead atoms. The van der Waals surface area contributed by atoms with Crippen LogP contribution >= 0.6 is 0 Å². The molecule has 4 atom stereocenters. The molecule has 0 aromatic heterocycles. The number of fused-ring (bicyclic) bond motifs is 4. The summed E-state index contributed by atoms with van der Waals surface area (Å²) >= 11 is 0. The molecule has 2 heteroatoms. The van der Waals surface area contributed by atoms with E-state index in [1.165, 1.54) is 0 Å². The third kappa shape index (κ3) is 4.26. The zero-order valence-electron chi connectivity index (χ0n) is 26.3. The van der Waals surface area contributed by atoms with E-state index in [2.05, 4.69) is 84.9 Å². The van der Waals surface area contributed by atoms with E-state index in [0.717, 1.165) is 55.3 Å². The molecule has 7 aromatic carbocycles. The summed E-state index contributed by atoms with van der Waals surface area (Å²) in [5.74, 6) is -1.62. The Bertz CT molecular complexity index is 2160. The highest BCUT2D eigenvalue weighted by Crippen LogP contribution is 2.58. The minimum absolute atomic E-state index is 0.0423. The smallest absolute Gasteiger partial charge is 0.169 e. The summed E-state index contributed by atoms with van der Waals surface area (Å²) in [7, 11) is 0. The lowest BCUT2D eigenvalue weighted by Crippen LogP contribution is -2.47. The van der Waals surface area contributed by atoms with Crippen LogP contribution in [0.1, 0.15) is 54.8 Å². The predicted molar refractivity (Wildman–Crippen MR) is 193 cm³/mol.